The Morgan fingerprint density at radius 2 is 2.24 bits per heavy atom. The molecule has 1 unspecified atom stereocenters. The Kier molecular flexibility index (Phi) is 3.49. The number of aromatic nitrogens is 3. The third-order valence-corrected chi connectivity index (χ3v) is 2.59. The van der Waals surface area contributed by atoms with E-state index in [0.717, 1.165) is 19.2 Å². The van der Waals surface area contributed by atoms with Gasteiger partial charge in [0.15, 0.2) is 0 Å². The Labute approximate surface area is 98.8 Å². The van der Waals surface area contributed by atoms with Gasteiger partial charge in [-0.1, -0.05) is 6.92 Å². The second-order valence-corrected chi connectivity index (χ2v) is 3.81. The average Bonchev–Trinajstić information content (AvgIpc) is 2.78. The Balaban J connectivity index is 2.34. The van der Waals surface area contributed by atoms with Crippen molar-refractivity contribution in [3.63, 3.8) is 0 Å². The first-order chi connectivity index (χ1) is 8.24. The molecule has 1 atom stereocenters. The highest BCUT2D eigenvalue weighted by Crippen LogP contribution is 2.23. The van der Waals surface area contributed by atoms with Crippen molar-refractivity contribution < 1.29 is 9.50 Å². The van der Waals surface area contributed by atoms with Crippen molar-refractivity contribution >= 4 is 0 Å². The van der Waals surface area contributed by atoms with Crippen LogP contribution in [-0.4, -0.2) is 19.6 Å². The van der Waals surface area contributed by atoms with Crippen LogP contribution < -0.4 is 0 Å². The SMILES string of the molecule is CCCn1cncc1C(O)c1ccncc1F. The van der Waals surface area contributed by atoms with Crippen LogP contribution in [0.4, 0.5) is 4.39 Å². The summed E-state index contributed by atoms with van der Waals surface area (Å²) in [7, 11) is 0. The summed E-state index contributed by atoms with van der Waals surface area (Å²) in [4.78, 5) is 7.64. The molecule has 2 rings (SSSR count). The lowest BCUT2D eigenvalue weighted by molar-refractivity contribution is 0.204. The molecule has 0 bridgehead atoms. The molecule has 2 aromatic heterocycles. The summed E-state index contributed by atoms with van der Waals surface area (Å²) < 4.78 is 15.3. The van der Waals surface area contributed by atoms with Gasteiger partial charge in [0.1, 0.15) is 11.9 Å². The van der Waals surface area contributed by atoms with Gasteiger partial charge in [-0.2, -0.15) is 0 Å². The van der Waals surface area contributed by atoms with E-state index in [-0.39, 0.29) is 5.56 Å². The zero-order chi connectivity index (χ0) is 12.3. The van der Waals surface area contributed by atoms with Gasteiger partial charge in [-0.05, 0) is 12.5 Å². The summed E-state index contributed by atoms with van der Waals surface area (Å²) >= 11 is 0. The first-order valence-corrected chi connectivity index (χ1v) is 5.51. The maximum atomic E-state index is 13.5. The third-order valence-electron chi connectivity index (χ3n) is 2.59. The molecule has 0 spiro atoms. The molecule has 90 valence electrons. The quantitative estimate of drug-likeness (QED) is 0.880. The Bertz CT molecular complexity index is 498. The molecule has 0 aliphatic carbocycles. The second-order valence-electron chi connectivity index (χ2n) is 3.81. The largest absolute Gasteiger partial charge is 0.382 e. The fourth-order valence-electron chi connectivity index (χ4n) is 1.75. The molecule has 2 heterocycles. The number of pyridine rings is 1. The van der Waals surface area contributed by atoms with Gasteiger partial charge in [-0.25, -0.2) is 9.37 Å². The van der Waals surface area contributed by atoms with Gasteiger partial charge < -0.3 is 9.67 Å². The maximum absolute atomic E-state index is 13.5. The van der Waals surface area contributed by atoms with Crippen LogP contribution in [0.15, 0.2) is 31.0 Å². The van der Waals surface area contributed by atoms with Crippen LogP contribution in [0.1, 0.15) is 30.7 Å². The predicted molar refractivity (Wildman–Crippen MR) is 60.8 cm³/mol. The molecule has 17 heavy (non-hydrogen) atoms. The highest BCUT2D eigenvalue weighted by Gasteiger charge is 2.18. The molecule has 0 aliphatic heterocycles. The van der Waals surface area contributed by atoms with Gasteiger partial charge >= 0.3 is 0 Å². The summed E-state index contributed by atoms with van der Waals surface area (Å²) in [5, 5.41) is 10.1. The molecule has 0 saturated heterocycles. The van der Waals surface area contributed by atoms with Crippen LogP contribution in [-0.2, 0) is 6.54 Å². The molecule has 0 fully saturated rings. The molecule has 2 aromatic rings. The average molecular weight is 235 g/mol. The molecule has 0 amide bonds. The van der Waals surface area contributed by atoms with Crippen LogP contribution in [0.2, 0.25) is 0 Å². The Hall–Kier alpha value is -1.75. The standard InChI is InChI=1S/C12H14FN3O/c1-2-5-16-8-15-7-11(16)12(17)9-3-4-14-6-10(9)13/h3-4,6-8,12,17H,2,5H2,1H3. The van der Waals surface area contributed by atoms with Gasteiger partial charge in [-0.15, -0.1) is 0 Å². The van der Waals surface area contributed by atoms with Crippen molar-refractivity contribution in [2.24, 2.45) is 0 Å². The molecule has 0 aliphatic rings. The summed E-state index contributed by atoms with van der Waals surface area (Å²) in [6.45, 7) is 2.78. The molecule has 5 heteroatoms. The fraction of sp³-hybridized carbons (Fsp3) is 0.333. The van der Waals surface area contributed by atoms with Gasteiger partial charge in [0, 0.05) is 18.3 Å². The Morgan fingerprint density at radius 1 is 1.41 bits per heavy atom. The molecule has 4 nitrogen and oxygen atoms in total. The van der Waals surface area contributed by atoms with Crippen molar-refractivity contribution in [3.05, 3.63) is 48.1 Å². The van der Waals surface area contributed by atoms with E-state index in [1.54, 1.807) is 12.5 Å². The van der Waals surface area contributed by atoms with Crippen LogP contribution in [0.3, 0.4) is 0 Å². The monoisotopic (exact) mass is 235 g/mol. The molecule has 0 saturated carbocycles. The van der Waals surface area contributed by atoms with E-state index in [0.29, 0.717) is 5.69 Å². The minimum Gasteiger partial charge on any atom is -0.382 e. The van der Waals surface area contributed by atoms with Gasteiger partial charge in [-0.3, -0.25) is 4.98 Å². The number of rotatable bonds is 4. The van der Waals surface area contributed by atoms with Crippen molar-refractivity contribution in [2.75, 3.05) is 0 Å². The molecule has 0 radical (unpaired) electrons. The zero-order valence-electron chi connectivity index (χ0n) is 9.55. The van der Waals surface area contributed by atoms with Crippen LogP contribution in [0.5, 0.6) is 0 Å². The number of imidazole rings is 1. The number of aliphatic hydroxyl groups excluding tert-OH is 1. The topological polar surface area (TPSA) is 50.9 Å². The fourth-order valence-corrected chi connectivity index (χ4v) is 1.75. The molecule has 0 aromatic carbocycles. The maximum Gasteiger partial charge on any atom is 0.147 e. The first-order valence-electron chi connectivity index (χ1n) is 5.51. The minimum atomic E-state index is -1.01. The molecular weight excluding hydrogens is 221 g/mol. The zero-order valence-corrected chi connectivity index (χ0v) is 9.55. The number of aliphatic hydroxyl groups is 1. The normalized spacial score (nSPS) is 12.6. The predicted octanol–water partition coefficient (Wildman–Crippen LogP) is 1.91. The van der Waals surface area contributed by atoms with E-state index in [1.165, 1.54) is 12.3 Å². The van der Waals surface area contributed by atoms with E-state index >= 15 is 0 Å². The molecular formula is C12H14FN3O. The van der Waals surface area contributed by atoms with Gasteiger partial charge in [0.05, 0.1) is 24.4 Å². The smallest absolute Gasteiger partial charge is 0.147 e. The van der Waals surface area contributed by atoms with E-state index < -0.39 is 11.9 Å². The number of nitrogens with zero attached hydrogens (tertiary/aromatic N) is 3. The van der Waals surface area contributed by atoms with Crippen molar-refractivity contribution in [3.8, 4) is 0 Å². The lowest BCUT2D eigenvalue weighted by Gasteiger charge is -2.13. The number of hydrogen-bond acceptors (Lipinski definition) is 3. The van der Waals surface area contributed by atoms with Crippen LogP contribution in [0.25, 0.3) is 0 Å². The third kappa shape index (κ3) is 2.34. The highest BCUT2D eigenvalue weighted by atomic mass is 19.1. The van der Waals surface area contributed by atoms with E-state index in [9.17, 15) is 9.50 Å². The lowest BCUT2D eigenvalue weighted by Crippen LogP contribution is -2.09. The summed E-state index contributed by atoms with van der Waals surface area (Å²) in [6, 6.07) is 1.48. The molecule has 1 N–H and O–H groups in total. The van der Waals surface area contributed by atoms with Crippen LogP contribution in [0, 0.1) is 5.82 Å². The second kappa shape index (κ2) is 5.05. The van der Waals surface area contributed by atoms with Gasteiger partial charge in [0.2, 0.25) is 0 Å². The summed E-state index contributed by atoms with van der Waals surface area (Å²) in [5.41, 5.74) is 0.815. The van der Waals surface area contributed by atoms with Crippen molar-refractivity contribution in [1.82, 2.24) is 14.5 Å². The number of aryl methyl sites for hydroxylation is 1. The van der Waals surface area contributed by atoms with E-state index in [4.69, 9.17) is 0 Å². The van der Waals surface area contributed by atoms with E-state index in [2.05, 4.69) is 9.97 Å². The summed E-state index contributed by atoms with van der Waals surface area (Å²) in [5.74, 6) is -0.510. The number of hydrogen-bond donors (Lipinski definition) is 1. The number of halogens is 1. The van der Waals surface area contributed by atoms with Crippen LogP contribution >= 0.6 is 0 Å². The van der Waals surface area contributed by atoms with Crippen molar-refractivity contribution in [1.29, 1.82) is 0 Å². The summed E-state index contributed by atoms with van der Waals surface area (Å²) in [6.07, 6.45) is 5.67. The first kappa shape index (κ1) is 11.7. The lowest BCUT2D eigenvalue weighted by atomic mass is 10.1. The van der Waals surface area contributed by atoms with E-state index in [1.807, 2.05) is 11.5 Å². The van der Waals surface area contributed by atoms with Gasteiger partial charge in [0.25, 0.3) is 0 Å². The Morgan fingerprint density at radius 3 is 2.94 bits per heavy atom. The van der Waals surface area contributed by atoms with Crippen molar-refractivity contribution in [2.45, 2.75) is 26.0 Å². The highest BCUT2D eigenvalue weighted by molar-refractivity contribution is 5.24. The minimum absolute atomic E-state index is 0.220.